The zero-order valence-electron chi connectivity index (χ0n) is 18.2. The van der Waals surface area contributed by atoms with E-state index in [9.17, 15) is 31.2 Å². The molecular weight excluding hydrogens is 507 g/mol. The number of rotatable bonds is 9. The van der Waals surface area contributed by atoms with Crippen molar-refractivity contribution in [2.24, 2.45) is 0 Å². The standard InChI is InChI=1S/C21H20F3N5O4S2/c1-13-7-9-15(10-8-13)35(32,33)25-12-18-28-29-20(34-18)27-17(30)11-16(14-5-3-2-4-6-14)26-19(31)21(22,23)24/h2-10,16,25H,11-12H2,1H3,(H,26,31)(H,27,29,30). The molecule has 3 aromatic rings. The smallest absolute Gasteiger partial charge is 0.341 e. The molecule has 186 valence electrons. The molecule has 0 aliphatic carbocycles. The number of aryl methyl sites for hydroxylation is 1. The highest BCUT2D eigenvalue weighted by atomic mass is 32.2. The largest absolute Gasteiger partial charge is 0.471 e. The molecule has 0 fully saturated rings. The van der Waals surface area contributed by atoms with Crippen molar-refractivity contribution in [3.63, 3.8) is 0 Å². The Labute approximate surface area is 202 Å². The Morgan fingerprint density at radius 2 is 1.69 bits per heavy atom. The zero-order valence-corrected chi connectivity index (χ0v) is 19.8. The third-order valence-electron chi connectivity index (χ3n) is 4.61. The molecule has 1 heterocycles. The Morgan fingerprint density at radius 1 is 1.03 bits per heavy atom. The Hall–Kier alpha value is -3.36. The molecule has 0 radical (unpaired) electrons. The Kier molecular flexibility index (Phi) is 8.19. The summed E-state index contributed by atoms with van der Waals surface area (Å²) in [6.45, 7) is 1.64. The zero-order chi connectivity index (χ0) is 25.6. The first-order valence-electron chi connectivity index (χ1n) is 10.1. The van der Waals surface area contributed by atoms with Gasteiger partial charge in [0, 0.05) is 0 Å². The molecule has 3 N–H and O–H groups in total. The first-order chi connectivity index (χ1) is 16.4. The molecule has 0 aliphatic rings. The SMILES string of the molecule is Cc1ccc(S(=O)(=O)NCc2nnc(NC(=O)CC(NC(=O)C(F)(F)F)c3ccccc3)s2)cc1. The van der Waals surface area contributed by atoms with Crippen LogP contribution in [0.15, 0.2) is 59.5 Å². The highest BCUT2D eigenvalue weighted by molar-refractivity contribution is 7.89. The van der Waals surface area contributed by atoms with Gasteiger partial charge in [-0.3, -0.25) is 9.59 Å². The van der Waals surface area contributed by atoms with Gasteiger partial charge in [0.05, 0.1) is 23.9 Å². The van der Waals surface area contributed by atoms with E-state index in [0.717, 1.165) is 16.9 Å². The molecule has 1 atom stereocenters. The van der Waals surface area contributed by atoms with Gasteiger partial charge < -0.3 is 10.6 Å². The van der Waals surface area contributed by atoms with Crippen molar-refractivity contribution in [2.45, 2.75) is 37.0 Å². The van der Waals surface area contributed by atoms with E-state index in [4.69, 9.17) is 0 Å². The third-order valence-corrected chi connectivity index (χ3v) is 6.87. The molecular formula is C21H20F3N5O4S2. The van der Waals surface area contributed by atoms with Crippen LogP contribution >= 0.6 is 11.3 Å². The van der Waals surface area contributed by atoms with Crippen LogP contribution in [0.4, 0.5) is 18.3 Å². The Bertz CT molecular complexity index is 1280. The van der Waals surface area contributed by atoms with Crippen LogP contribution in [0.3, 0.4) is 0 Å². The van der Waals surface area contributed by atoms with Gasteiger partial charge in [-0.2, -0.15) is 13.2 Å². The monoisotopic (exact) mass is 527 g/mol. The van der Waals surface area contributed by atoms with E-state index in [1.165, 1.54) is 24.3 Å². The van der Waals surface area contributed by atoms with Crippen molar-refractivity contribution in [3.05, 3.63) is 70.7 Å². The number of amides is 2. The van der Waals surface area contributed by atoms with Crippen LogP contribution in [0.1, 0.15) is 28.6 Å². The molecule has 1 unspecified atom stereocenters. The van der Waals surface area contributed by atoms with Gasteiger partial charge in [-0.15, -0.1) is 10.2 Å². The van der Waals surface area contributed by atoms with E-state index in [0.29, 0.717) is 5.56 Å². The van der Waals surface area contributed by atoms with Crippen molar-refractivity contribution in [1.82, 2.24) is 20.2 Å². The molecule has 9 nitrogen and oxygen atoms in total. The summed E-state index contributed by atoms with van der Waals surface area (Å²) in [5, 5.41) is 12.1. The molecule has 35 heavy (non-hydrogen) atoms. The Morgan fingerprint density at radius 3 is 2.31 bits per heavy atom. The highest BCUT2D eigenvalue weighted by Gasteiger charge is 2.40. The van der Waals surface area contributed by atoms with Crippen LogP contribution in [0.25, 0.3) is 0 Å². The summed E-state index contributed by atoms with van der Waals surface area (Å²) >= 11 is 0.892. The minimum atomic E-state index is -5.11. The average molecular weight is 528 g/mol. The molecule has 0 aliphatic heterocycles. The summed E-state index contributed by atoms with van der Waals surface area (Å²) in [6.07, 6.45) is -5.61. The van der Waals surface area contributed by atoms with Crippen LogP contribution in [0.5, 0.6) is 0 Å². The van der Waals surface area contributed by atoms with Crippen molar-refractivity contribution >= 4 is 38.3 Å². The van der Waals surface area contributed by atoms with E-state index >= 15 is 0 Å². The van der Waals surface area contributed by atoms with Gasteiger partial charge in [-0.1, -0.05) is 59.4 Å². The summed E-state index contributed by atoms with van der Waals surface area (Å²) in [4.78, 5) is 23.9. The minimum absolute atomic E-state index is 0.0218. The lowest BCUT2D eigenvalue weighted by Crippen LogP contribution is -2.40. The lowest BCUT2D eigenvalue weighted by Gasteiger charge is -2.19. The fourth-order valence-electron chi connectivity index (χ4n) is 2.87. The van der Waals surface area contributed by atoms with Gasteiger partial charge in [-0.25, -0.2) is 13.1 Å². The second-order valence-electron chi connectivity index (χ2n) is 7.33. The van der Waals surface area contributed by atoms with E-state index in [-0.39, 0.29) is 21.6 Å². The van der Waals surface area contributed by atoms with Crippen LogP contribution < -0.4 is 15.4 Å². The van der Waals surface area contributed by atoms with Gasteiger partial charge >= 0.3 is 12.1 Å². The summed E-state index contributed by atoms with van der Waals surface area (Å²) in [7, 11) is -3.79. The number of sulfonamides is 1. The predicted octanol–water partition coefficient (Wildman–Crippen LogP) is 3.07. The molecule has 2 amide bonds. The van der Waals surface area contributed by atoms with Gasteiger partial charge in [0.1, 0.15) is 5.01 Å². The molecule has 14 heteroatoms. The fraction of sp³-hybridized carbons (Fsp3) is 0.238. The van der Waals surface area contributed by atoms with Crippen molar-refractivity contribution in [3.8, 4) is 0 Å². The molecule has 1 aromatic heterocycles. The quantitative estimate of drug-likeness (QED) is 0.392. The molecule has 0 bridgehead atoms. The molecule has 3 rings (SSSR count). The second kappa shape index (κ2) is 10.9. The number of halogens is 3. The maximum absolute atomic E-state index is 12.7. The Balaban J connectivity index is 1.61. The number of hydrogen-bond donors (Lipinski definition) is 3. The van der Waals surface area contributed by atoms with Gasteiger partial charge in [0.25, 0.3) is 0 Å². The fourth-order valence-corrected chi connectivity index (χ4v) is 4.64. The third kappa shape index (κ3) is 7.56. The van der Waals surface area contributed by atoms with Crippen molar-refractivity contribution < 1.29 is 31.2 Å². The topological polar surface area (TPSA) is 130 Å². The van der Waals surface area contributed by atoms with Crippen molar-refractivity contribution in [1.29, 1.82) is 0 Å². The number of anilines is 1. The van der Waals surface area contributed by atoms with Crippen LogP contribution in [-0.2, 0) is 26.2 Å². The van der Waals surface area contributed by atoms with E-state index in [1.54, 1.807) is 30.3 Å². The summed E-state index contributed by atoms with van der Waals surface area (Å²) in [5.74, 6) is -2.89. The van der Waals surface area contributed by atoms with E-state index in [2.05, 4.69) is 20.2 Å². The van der Waals surface area contributed by atoms with Crippen molar-refractivity contribution in [2.75, 3.05) is 5.32 Å². The van der Waals surface area contributed by atoms with E-state index < -0.39 is 40.5 Å². The molecule has 0 spiro atoms. The van der Waals surface area contributed by atoms with Gasteiger partial charge in [0.15, 0.2) is 0 Å². The maximum Gasteiger partial charge on any atom is 0.471 e. The van der Waals surface area contributed by atoms with E-state index in [1.807, 2.05) is 12.2 Å². The summed E-state index contributed by atoms with van der Waals surface area (Å²) in [5.41, 5.74) is 1.21. The molecule has 0 saturated heterocycles. The van der Waals surface area contributed by atoms with Gasteiger partial charge in [-0.05, 0) is 24.6 Å². The predicted molar refractivity (Wildman–Crippen MR) is 122 cm³/mol. The number of nitrogens with one attached hydrogen (secondary N) is 3. The molecule has 0 saturated carbocycles. The second-order valence-corrected chi connectivity index (χ2v) is 10.2. The minimum Gasteiger partial charge on any atom is -0.341 e. The average Bonchev–Trinajstić information content (AvgIpc) is 3.24. The number of nitrogens with zero attached hydrogens (tertiary/aromatic N) is 2. The number of benzene rings is 2. The van der Waals surface area contributed by atoms with Gasteiger partial charge in [0.2, 0.25) is 21.1 Å². The number of carbonyl (C=O) groups is 2. The number of aromatic nitrogens is 2. The first kappa shape index (κ1) is 26.2. The maximum atomic E-state index is 12.7. The van der Waals surface area contributed by atoms with Crippen LogP contribution in [0.2, 0.25) is 0 Å². The van der Waals surface area contributed by atoms with Crippen LogP contribution in [-0.4, -0.2) is 36.6 Å². The number of hydrogen-bond acceptors (Lipinski definition) is 7. The van der Waals surface area contributed by atoms with Crippen LogP contribution in [0, 0.1) is 6.92 Å². The first-order valence-corrected chi connectivity index (χ1v) is 12.4. The lowest BCUT2D eigenvalue weighted by molar-refractivity contribution is -0.174. The number of alkyl halides is 3. The number of carbonyl (C=O) groups excluding carboxylic acids is 2. The lowest BCUT2D eigenvalue weighted by atomic mass is 10.0. The summed E-state index contributed by atoms with van der Waals surface area (Å²) < 4.78 is 65.3. The normalized spacial score (nSPS) is 12.7. The summed E-state index contributed by atoms with van der Waals surface area (Å²) in [6, 6.07) is 12.7. The highest BCUT2D eigenvalue weighted by Crippen LogP contribution is 2.23. The molecule has 2 aromatic carbocycles.